The predicted octanol–water partition coefficient (Wildman–Crippen LogP) is 1.96. The van der Waals surface area contributed by atoms with Crippen molar-refractivity contribution in [3.8, 4) is 0 Å². The Labute approximate surface area is 139 Å². The molecule has 124 valence electrons. The number of sulfonamides is 1. The normalized spacial score (nSPS) is 16.5. The molecule has 0 saturated heterocycles. The summed E-state index contributed by atoms with van der Waals surface area (Å²) in [5.41, 5.74) is 0.845. The molecule has 0 aromatic heterocycles. The number of benzene rings is 2. The molecule has 0 radical (unpaired) electrons. The summed E-state index contributed by atoms with van der Waals surface area (Å²) in [6, 6.07) is 13.7. The van der Waals surface area contributed by atoms with E-state index >= 15 is 0 Å². The first-order chi connectivity index (χ1) is 11.4. The molecule has 7 heteroatoms. The smallest absolute Gasteiger partial charge is 0.330 e. The van der Waals surface area contributed by atoms with Crippen LogP contribution in [0, 0.1) is 0 Å². The van der Waals surface area contributed by atoms with Gasteiger partial charge < -0.3 is 4.74 Å². The zero-order valence-electron chi connectivity index (χ0n) is 12.9. The van der Waals surface area contributed by atoms with Gasteiger partial charge in [-0.1, -0.05) is 42.5 Å². The van der Waals surface area contributed by atoms with Crippen molar-refractivity contribution in [3.05, 3.63) is 65.7 Å². The average Bonchev–Trinajstić information content (AvgIpc) is 2.80. The van der Waals surface area contributed by atoms with Crippen LogP contribution in [0.5, 0.6) is 0 Å². The third-order valence-corrected chi connectivity index (χ3v) is 5.68. The molecule has 0 N–H and O–H groups in total. The molecule has 2 aromatic carbocycles. The van der Waals surface area contributed by atoms with Crippen LogP contribution >= 0.6 is 0 Å². The van der Waals surface area contributed by atoms with Gasteiger partial charge in [0.1, 0.15) is 17.5 Å². The Kier molecular flexibility index (Phi) is 4.11. The quantitative estimate of drug-likeness (QED) is 0.791. The topological polar surface area (TPSA) is 80.8 Å². The fraction of sp³-hybridized carbons (Fsp3) is 0.176. The molecule has 6 nitrogen and oxygen atoms in total. The van der Waals surface area contributed by atoms with Gasteiger partial charge in [-0.3, -0.25) is 4.79 Å². The van der Waals surface area contributed by atoms with E-state index in [4.69, 9.17) is 4.74 Å². The van der Waals surface area contributed by atoms with Crippen molar-refractivity contribution in [2.45, 2.75) is 24.5 Å². The van der Waals surface area contributed by atoms with E-state index < -0.39 is 27.9 Å². The van der Waals surface area contributed by atoms with Gasteiger partial charge in [-0.05, 0) is 24.6 Å². The molecule has 0 saturated carbocycles. The number of carbonyl (C=O) groups is 2. The van der Waals surface area contributed by atoms with E-state index in [2.05, 4.69) is 0 Å². The van der Waals surface area contributed by atoms with Crippen LogP contribution in [0.3, 0.4) is 0 Å². The van der Waals surface area contributed by atoms with Crippen molar-refractivity contribution in [3.63, 3.8) is 0 Å². The lowest BCUT2D eigenvalue weighted by Crippen LogP contribution is -2.43. The van der Waals surface area contributed by atoms with E-state index in [9.17, 15) is 18.0 Å². The average molecular weight is 345 g/mol. The Morgan fingerprint density at radius 1 is 1.08 bits per heavy atom. The molecule has 1 aliphatic heterocycles. The highest BCUT2D eigenvalue weighted by atomic mass is 32.2. The minimum Gasteiger partial charge on any atom is -0.459 e. The van der Waals surface area contributed by atoms with Crippen molar-refractivity contribution in [1.29, 1.82) is 0 Å². The number of esters is 1. The molecule has 1 aliphatic rings. The first-order valence-corrected chi connectivity index (χ1v) is 8.75. The number of fused-ring (bicyclic) bond motifs is 1. The zero-order chi connectivity index (χ0) is 17.3. The van der Waals surface area contributed by atoms with Crippen LogP contribution in [-0.4, -0.2) is 30.6 Å². The monoisotopic (exact) mass is 345 g/mol. The van der Waals surface area contributed by atoms with Crippen LogP contribution in [0.1, 0.15) is 22.8 Å². The Morgan fingerprint density at radius 2 is 1.71 bits per heavy atom. The molecule has 0 aliphatic carbocycles. The highest BCUT2D eigenvalue weighted by molar-refractivity contribution is 7.90. The van der Waals surface area contributed by atoms with Crippen molar-refractivity contribution in [1.82, 2.24) is 4.31 Å². The summed E-state index contributed by atoms with van der Waals surface area (Å²) >= 11 is 0. The minimum absolute atomic E-state index is 0.0129. The molecule has 24 heavy (non-hydrogen) atoms. The maximum absolute atomic E-state index is 12.5. The number of hydrogen-bond donors (Lipinski definition) is 0. The summed E-state index contributed by atoms with van der Waals surface area (Å²) in [6.45, 7) is 1.35. The van der Waals surface area contributed by atoms with E-state index in [-0.39, 0.29) is 17.1 Å². The lowest BCUT2D eigenvalue weighted by atomic mass is 10.2. The first kappa shape index (κ1) is 16.2. The fourth-order valence-corrected chi connectivity index (χ4v) is 4.25. The van der Waals surface area contributed by atoms with Gasteiger partial charge in [0.2, 0.25) is 0 Å². The lowest BCUT2D eigenvalue weighted by Gasteiger charge is -2.21. The largest absolute Gasteiger partial charge is 0.459 e. The summed E-state index contributed by atoms with van der Waals surface area (Å²) < 4.78 is 30.8. The van der Waals surface area contributed by atoms with Crippen molar-refractivity contribution in [2.75, 3.05) is 0 Å². The second-order valence-electron chi connectivity index (χ2n) is 5.37. The number of amides is 1. The molecule has 2 aromatic rings. The zero-order valence-corrected chi connectivity index (χ0v) is 13.7. The van der Waals surface area contributed by atoms with Gasteiger partial charge >= 0.3 is 5.97 Å². The van der Waals surface area contributed by atoms with E-state index in [0.29, 0.717) is 4.31 Å². The molecule has 1 heterocycles. The van der Waals surface area contributed by atoms with Crippen LogP contribution in [0.25, 0.3) is 0 Å². The number of rotatable bonds is 4. The van der Waals surface area contributed by atoms with Crippen molar-refractivity contribution >= 4 is 21.9 Å². The Bertz CT molecular complexity index is 892. The summed E-state index contributed by atoms with van der Waals surface area (Å²) in [7, 11) is -4.04. The lowest BCUT2D eigenvalue weighted by molar-refractivity contribution is -0.148. The third-order valence-electron chi connectivity index (χ3n) is 3.77. The van der Waals surface area contributed by atoms with Crippen molar-refractivity contribution < 1.29 is 22.7 Å². The van der Waals surface area contributed by atoms with Gasteiger partial charge in [0.25, 0.3) is 15.9 Å². The molecule has 1 amide bonds. The van der Waals surface area contributed by atoms with E-state index in [1.165, 1.54) is 25.1 Å². The van der Waals surface area contributed by atoms with Gasteiger partial charge in [0.05, 0.1) is 5.56 Å². The molecule has 0 fully saturated rings. The molecule has 0 unspecified atom stereocenters. The second kappa shape index (κ2) is 6.09. The number of hydrogen-bond acceptors (Lipinski definition) is 5. The summed E-state index contributed by atoms with van der Waals surface area (Å²) in [5.74, 6) is -1.49. The summed E-state index contributed by atoms with van der Waals surface area (Å²) in [5, 5.41) is 0. The second-order valence-corrected chi connectivity index (χ2v) is 7.15. The van der Waals surface area contributed by atoms with Crippen LogP contribution in [0.2, 0.25) is 0 Å². The van der Waals surface area contributed by atoms with Gasteiger partial charge in [-0.2, -0.15) is 0 Å². The molecular weight excluding hydrogens is 330 g/mol. The Hall–Kier alpha value is -2.67. The minimum atomic E-state index is -4.04. The van der Waals surface area contributed by atoms with E-state index in [1.54, 1.807) is 30.3 Å². The number of nitrogens with zero attached hydrogens (tertiary/aromatic N) is 1. The van der Waals surface area contributed by atoms with E-state index in [1.807, 2.05) is 6.07 Å². The van der Waals surface area contributed by atoms with Gasteiger partial charge in [0, 0.05) is 0 Å². The maximum atomic E-state index is 12.5. The molecule has 0 spiro atoms. The van der Waals surface area contributed by atoms with Crippen molar-refractivity contribution in [2.24, 2.45) is 0 Å². The highest BCUT2D eigenvalue weighted by Crippen LogP contribution is 2.31. The van der Waals surface area contributed by atoms with Crippen LogP contribution in [0.4, 0.5) is 0 Å². The van der Waals surface area contributed by atoms with Crippen LogP contribution < -0.4 is 0 Å². The predicted molar refractivity (Wildman–Crippen MR) is 85.5 cm³/mol. The Balaban J connectivity index is 1.79. The summed E-state index contributed by atoms with van der Waals surface area (Å²) in [6.07, 6.45) is 0. The number of ether oxygens (including phenoxy) is 1. The first-order valence-electron chi connectivity index (χ1n) is 7.31. The third kappa shape index (κ3) is 2.67. The molecular formula is C17H15NO5S. The molecule has 3 rings (SSSR count). The standard InChI is InChI=1S/C17H15NO5S/c1-12(17(20)23-11-13-7-3-2-4-8-13)18-16(19)14-9-5-6-10-15(14)24(18,21)22/h2-10,12H,11H2,1H3/t12-/m0/s1. The van der Waals surface area contributed by atoms with Gasteiger partial charge in [-0.25, -0.2) is 17.5 Å². The van der Waals surface area contributed by atoms with Crippen LogP contribution in [0.15, 0.2) is 59.5 Å². The van der Waals surface area contributed by atoms with Gasteiger partial charge in [0.15, 0.2) is 0 Å². The summed E-state index contributed by atoms with van der Waals surface area (Å²) in [4.78, 5) is 24.5. The SMILES string of the molecule is C[C@@H](C(=O)OCc1ccccc1)N1C(=O)c2ccccc2S1(=O)=O. The van der Waals surface area contributed by atoms with Gasteiger partial charge in [-0.15, -0.1) is 0 Å². The van der Waals surface area contributed by atoms with Crippen LogP contribution in [-0.2, 0) is 26.2 Å². The molecule has 0 bridgehead atoms. The highest BCUT2D eigenvalue weighted by Gasteiger charge is 2.46. The fourth-order valence-electron chi connectivity index (χ4n) is 2.53. The number of carbonyl (C=O) groups excluding carboxylic acids is 2. The molecule has 1 atom stereocenters. The Morgan fingerprint density at radius 3 is 2.38 bits per heavy atom. The maximum Gasteiger partial charge on any atom is 0.330 e. The van der Waals surface area contributed by atoms with E-state index in [0.717, 1.165) is 5.56 Å².